The van der Waals surface area contributed by atoms with E-state index < -0.39 is 0 Å². The molecule has 3 aliphatic heterocycles. The number of aryl methyl sites for hydroxylation is 1. The fourth-order valence-corrected chi connectivity index (χ4v) is 5.18. The topological polar surface area (TPSA) is 116 Å². The SMILES string of the molecule is Cc1cc(-n2cnnn2)ncc1CC(=O)N1CCN2C[C@@H](c3ccc4c(c3)CCOC4=O)OC[C@@H]2C1. The van der Waals surface area contributed by atoms with Gasteiger partial charge in [0.2, 0.25) is 5.91 Å². The predicted molar refractivity (Wildman–Crippen MR) is 126 cm³/mol. The molecule has 3 aromatic rings. The highest BCUT2D eigenvalue weighted by molar-refractivity contribution is 5.92. The number of piperazine rings is 1. The third kappa shape index (κ3) is 4.35. The van der Waals surface area contributed by atoms with Crippen LogP contribution in [0.15, 0.2) is 36.8 Å². The third-order valence-electron chi connectivity index (χ3n) is 7.30. The summed E-state index contributed by atoms with van der Waals surface area (Å²) in [6.07, 6.45) is 4.22. The zero-order valence-corrected chi connectivity index (χ0v) is 20.0. The first-order valence-electron chi connectivity index (χ1n) is 12.2. The monoisotopic (exact) mass is 489 g/mol. The molecule has 1 amide bonds. The molecular formula is C25H27N7O4. The Balaban J connectivity index is 1.07. The van der Waals surface area contributed by atoms with Crippen LogP contribution in [0.5, 0.6) is 0 Å². The second-order valence-electron chi connectivity index (χ2n) is 9.51. The summed E-state index contributed by atoms with van der Waals surface area (Å²) in [6, 6.07) is 7.96. The highest BCUT2D eigenvalue weighted by Gasteiger charge is 2.36. The van der Waals surface area contributed by atoms with Crippen LogP contribution >= 0.6 is 0 Å². The Hall–Kier alpha value is -3.70. The molecule has 11 nitrogen and oxygen atoms in total. The lowest BCUT2D eigenvalue weighted by Crippen LogP contribution is -2.59. The summed E-state index contributed by atoms with van der Waals surface area (Å²) in [5.41, 5.74) is 4.65. The third-order valence-corrected chi connectivity index (χ3v) is 7.30. The van der Waals surface area contributed by atoms with E-state index in [4.69, 9.17) is 9.47 Å². The van der Waals surface area contributed by atoms with Crippen molar-refractivity contribution in [2.24, 2.45) is 0 Å². The molecule has 11 heteroatoms. The van der Waals surface area contributed by atoms with E-state index in [2.05, 4.69) is 31.5 Å². The number of morpholine rings is 1. The molecule has 0 N–H and O–H groups in total. The smallest absolute Gasteiger partial charge is 0.338 e. The molecule has 0 unspecified atom stereocenters. The van der Waals surface area contributed by atoms with E-state index in [1.807, 2.05) is 30.0 Å². The Bertz CT molecular complexity index is 1300. The number of cyclic esters (lactones) is 1. The lowest BCUT2D eigenvalue weighted by molar-refractivity contribution is -0.139. The van der Waals surface area contributed by atoms with Crippen LogP contribution in [0.2, 0.25) is 0 Å². The number of benzene rings is 1. The van der Waals surface area contributed by atoms with E-state index in [0.717, 1.165) is 41.8 Å². The minimum absolute atomic E-state index is 0.0424. The van der Waals surface area contributed by atoms with Gasteiger partial charge >= 0.3 is 5.97 Å². The van der Waals surface area contributed by atoms with Crippen LogP contribution in [-0.4, -0.2) is 92.3 Å². The zero-order chi connectivity index (χ0) is 24.6. The number of carbonyl (C=O) groups is 2. The van der Waals surface area contributed by atoms with Crippen molar-refractivity contribution in [1.29, 1.82) is 0 Å². The molecule has 5 heterocycles. The standard InChI is InChI=1S/C25H27N7O4/c1-16-8-23(32-15-27-28-29-32)26-11-19(16)10-24(33)31-6-5-30-13-22(36-14-20(30)12-31)18-2-3-21-17(9-18)4-7-35-25(21)34/h2-3,8-9,11,15,20,22H,4-7,10,12-14H2,1H3/t20-,22-/m0/s1. The number of aromatic nitrogens is 5. The normalized spacial score (nSPS) is 22.0. The summed E-state index contributed by atoms with van der Waals surface area (Å²) < 4.78 is 12.9. The fourth-order valence-electron chi connectivity index (χ4n) is 5.18. The van der Waals surface area contributed by atoms with Crippen LogP contribution < -0.4 is 0 Å². The van der Waals surface area contributed by atoms with Crippen molar-refractivity contribution in [3.05, 3.63) is 64.6 Å². The van der Waals surface area contributed by atoms with E-state index in [0.29, 0.717) is 44.1 Å². The van der Waals surface area contributed by atoms with Gasteiger partial charge < -0.3 is 14.4 Å². The Morgan fingerprint density at radius 1 is 1.19 bits per heavy atom. The van der Waals surface area contributed by atoms with Crippen LogP contribution in [0.3, 0.4) is 0 Å². The molecule has 6 rings (SSSR count). The van der Waals surface area contributed by atoms with E-state index in [9.17, 15) is 9.59 Å². The molecule has 0 aliphatic carbocycles. The van der Waals surface area contributed by atoms with Gasteiger partial charge in [-0.1, -0.05) is 12.1 Å². The first-order valence-corrected chi connectivity index (χ1v) is 12.2. The first kappa shape index (κ1) is 22.7. The maximum absolute atomic E-state index is 13.1. The zero-order valence-electron chi connectivity index (χ0n) is 20.0. The Kier molecular flexibility index (Phi) is 5.94. The van der Waals surface area contributed by atoms with Crippen LogP contribution in [0.1, 0.15) is 38.7 Å². The van der Waals surface area contributed by atoms with Gasteiger partial charge in [-0.25, -0.2) is 9.78 Å². The van der Waals surface area contributed by atoms with Crippen molar-refractivity contribution in [1.82, 2.24) is 35.0 Å². The highest BCUT2D eigenvalue weighted by Crippen LogP contribution is 2.29. The molecular weight excluding hydrogens is 462 g/mol. The van der Waals surface area contributed by atoms with Crippen LogP contribution in [0, 0.1) is 6.92 Å². The number of carbonyl (C=O) groups excluding carboxylic acids is 2. The number of nitrogens with zero attached hydrogens (tertiary/aromatic N) is 7. The Morgan fingerprint density at radius 2 is 2.11 bits per heavy atom. The van der Waals surface area contributed by atoms with Gasteiger partial charge in [-0.15, -0.1) is 5.10 Å². The van der Waals surface area contributed by atoms with Crippen LogP contribution in [0.4, 0.5) is 0 Å². The minimum Gasteiger partial charge on any atom is -0.462 e. The van der Waals surface area contributed by atoms with Gasteiger partial charge in [0.1, 0.15) is 6.33 Å². The van der Waals surface area contributed by atoms with Gasteiger partial charge in [-0.05, 0) is 51.7 Å². The lowest BCUT2D eigenvalue weighted by atomic mass is 9.96. The summed E-state index contributed by atoms with van der Waals surface area (Å²) in [7, 11) is 0. The van der Waals surface area contributed by atoms with E-state index in [1.54, 1.807) is 6.20 Å². The van der Waals surface area contributed by atoms with Crippen molar-refractivity contribution in [2.45, 2.75) is 31.9 Å². The molecule has 0 spiro atoms. The summed E-state index contributed by atoms with van der Waals surface area (Å²) >= 11 is 0. The number of rotatable bonds is 4. The van der Waals surface area contributed by atoms with E-state index in [-0.39, 0.29) is 24.0 Å². The second-order valence-corrected chi connectivity index (χ2v) is 9.51. The number of tetrazole rings is 1. The summed E-state index contributed by atoms with van der Waals surface area (Å²) in [5.74, 6) is 0.469. The lowest BCUT2D eigenvalue weighted by Gasteiger charge is -2.46. The van der Waals surface area contributed by atoms with Gasteiger partial charge in [-0.3, -0.25) is 9.69 Å². The maximum atomic E-state index is 13.1. The van der Waals surface area contributed by atoms with Gasteiger partial charge in [0, 0.05) is 38.8 Å². The molecule has 2 saturated heterocycles. The van der Waals surface area contributed by atoms with Crippen molar-refractivity contribution >= 4 is 11.9 Å². The van der Waals surface area contributed by atoms with Gasteiger partial charge in [-0.2, -0.15) is 4.68 Å². The van der Waals surface area contributed by atoms with E-state index >= 15 is 0 Å². The summed E-state index contributed by atoms with van der Waals surface area (Å²) in [5, 5.41) is 11.1. The molecule has 2 fully saturated rings. The number of hydrogen-bond donors (Lipinski definition) is 0. The molecule has 0 bridgehead atoms. The fraction of sp³-hybridized carbons (Fsp3) is 0.440. The maximum Gasteiger partial charge on any atom is 0.338 e. The molecule has 186 valence electrons. The molecule has 3 aliphatic rings. The highest BCUT2D eigenvalue weighted by atomic mass is 16.5. The molecule has 0 saturated carbocycles. The molecule has 2 aromatic heterocycles. The second kappa shape index (κ2) is 9.40. The average molecular weight is 490 g/mol. The molecule has 2 atom stereocenters. The summed E-state index contributed by atoms with van der Waals surface area (Å²) in [6.45, 7) is 5.88. The molecule has 36 heavy (non-hydrogen) atoms. The Morgan fingerprint density at radius 3 is 2.94 bits per heavy atom. The number of esters is 1. The quantitative estimate of drug-likeness (QED) is 0.493. The first-order chi connectivity index (χ1) is 17.5. The average Bonchev–Trinajstić information content (AvgIpc) is 3.44. The molecule has 1 aromatic carbocycles. The minimum atomic E-state index is -0.248. The number of hydrogen-bond acceptors (Lipinski definition) is 9. The van der Waals surface area contributed by atoms with Gasteiger partial charge in [0.25, 0.3) is 0 Å². The number of amides is 1. The van der Waals surface area contributed by atoms with Crippen LogP contribution in [0.25, 0.3) is 5.82 Å². The molecule has 0 radical (unpaired) electrons. The number of ether oxygens (including phenoxy) is 2. The van der Waals surface area contributed by atoms with Crippen molar-refractivity contribution in [2.75, 3.05) is 39.4 Å². The Labute approximate surface area is 208 Å². The van der Waals surface area contributed by atoms with Crippen molar-refractivity contribution < 1.29 is 19.1 Å². The number of fused-ring (bicyclic) bond motifs is 2. The predicted octanol–water partition coefficient (Wildman–Crippen LogP) is 0.905. The van der Waals surface area contributed by atoms with Gasteiger partial charge in [0.05, 0.1) is 37.3 Å². The largest absolute Gasteiger partial charge is 0.462 e. The van der Waals surface area contributed by atoms with Crippen molar-refractivity contribution in [3.8, 4) is 5.82 Å². The van der Waals surface area contributed by atoms with E-state index in [1.165, 1.54) is 11.0 Å². The van der Waals surface area contributed by atoms with Crippen molar-refractivity contribution in [3.63, 3.8) is 0 Å². The summed E-state index contributed by atoms with van der Waals surface area (Å²) in [4.78, 5) is 33.8. The number of pyridine rings is 1. The van der Waals surface area contributed by atoms with Crippen LogP contribution in [-0.2, 0) is 27.1 Å². The van der Waals surface area contributed by atoms with Gasteiger partial charge in [0.15, 0.2) is 5.82 Å².